The Bertz CT molecular complexity index is 938. The van der Waals surface area contributed by atoms with Gasteiger partial charge in [0.25, 0.3) is 5.91 Å². The molecule has 2 unspecified atom stereocenters. The SMILES string of the molecule is COc1cc(C(C)C)c(Cl)cc1[C@H](NS(=O)C(C)(C)C)C1CCN(C(=O)C2COC(C)(C)O2)CC1. The molecule has 2 fully saturated rings. The number of nitrogens with one attached hydrogen (secondary N) is 1. The third-order valence-electron chi connectivity index (χ3n) is 6.70. The predicted molar refractivity (Wildman–Crippen MR) is 140 cm³/mol. The van der Waals surface area contributed by atoms with Gasteiger partial charge in [-0.15, -0.1) is 0 Å². The van der Waals surface area contributed by atoms with Crippen molar-refractivity contribution in [1.82, 2.24) is 9.62 Å². The summed E-state index contributed by atoms with van der Waals surface area (Å²) < 4.78 is 33.3. The number of carbonyl (C=O) groups is 1. The van der Waals surface area contributed by atoms with Crippen molar-refractivity contribution in [3.05, 3.63) is 28.3 Å². The molecule has 0 radical (unpaired) electrons. The lowest BCUT2D eigenvalue weighted by atomic mass is 9.84. The molecule has 2 saturated heterocycles. The maximum Gasteiger partial charge on any atom is 0.254 e. The van der Waals surface area contributed by atoms with E-state index in [0.717, 1.165) is 29.7 Å². The van der Waals surface area contributed by atoms with E-state index in [9.17, 15) is 9.00 Å². The van der Waals surface area contributed by atoms with Gasteiger partial charge < -0.3 is 19.1 Å². The van der Waals surface area contributed by atoms with Crippen LogP contribution in [-0.2, 0) is 25.3 Å². The maximum absolute atomic E-state index is 13.2. The molecule has 0 saturated carbocycles. The number of ether oxygens (including phenoxy) is 3. The minimum absolute atomic E-state index is 0.0290. The van der Waals surface area contributed by atoms with Crippen LogP contribution < -0.4 is 9.46 Å². The Morgan fingerprint density at radius 3 is 2.34 bits per heavy atom. The first-order valence-electron chi connectivity index (χ1n) is 12.4. The fraction of sp³-hybridized carbons (Fsp3) is 0.731. The van der Waals surface area contributed by atoms with Crippen molar-refractivity contribution >= 4 is 28.5 Å². The molecule has 1 amide bonds. The van der Waals surface area contributed by atoms with Crippen LogP contribution in [0.5, 0.6) is 5.75 Å². The van der Waals surface area contributed by atoms with E-state index in [1.54, 1.807) is 7.11 Å². The van der Waals surface area contributed by atoms with Crippen molar-refractivity contribution in [3.63, 3.8) is 0 Å². The highest BCUT2D eigenvalue weighted by atomic mass is 35.5. The Morgan fingerprint density at radius 1 is 1.23 bits per heavy atom. The number of halogens is 1. The Balaban J connectivity index is 1.83. The second-order valence-corrected chi connectivity index (χ2v) is 13.6. The lowest BCUT2D eigenvalue weighted by Gasteiger charge is -2.38. The quantitative estimate of drug-likeness (QED) is 0.541. The first-order valence-corrected chi connectivity index (χ1v) is 13.9. The number of amides is 1. The molecule has 0 bridgehead atoms. The topological polar surface area (TPSA) is 77.1 Å². The van der Waals surface area contributed by atoms with Crippen LogP contribution in [0.15, 0.2) is 12.1 Å². The van der Waals surface area contributed by atoms with Gasteiger partial charge in [0.2, 0.25) is 0 Å². The molecule has 2 heterocycles. The smallest absolute Gasteiger partial charge is 0.254 e. The number of hydrogen-bond donors (Lipinski definition) is 1. The molecule has 35 heavy (non-hydrogen) atoms. The van der Waals surface area contributed by atoms with Crippen LogP contribution in [-0.4, -0.2) is 58.5 Å². The normalized spacial score (nSPS) is 22.9. The summed E-state index contributed by atoms with van der Waals surface area (Å²) >= 11 is 6.69. The van der Waals surface area contributed by atoms with Gasteiger partial charge in [-0.25, -0.2) is 8.93 Å². The second-order valence-electron chi connectivity index (χ2n) is 11.2. The van der Waals surface area contributed by atoms with E-state index in [0.29, 0.717) is 18.1 Å². The zero-order valence-corrected chi connectivity index (χ0v) is 23.8. The molecule has 198 valence electrons. The van der Waals surface area contributed by atoms with Crippen LogP contribution in [0.4, 0.5) is 0 Å². The number of benzene rings is 1. The van der Waals surface area contributed by atoms with Crippen LogP contribution in [0.2, 0.25) is 5.02 Å². The zero-order chi connectivity index (χ0) is 26.1. The van der Waals surface area contributed by atoms with E-state index in [-0.39, 0.29) is 30.4 Å². The van der Waals surface area contributed by atoms with Gasteiger partial charge in [-0.1, -0.05) is 25.4 Å². The van der Waals surface area contributed by atoms with Crippen molar-refractivity contribution in [3.8, 4) is 5.75 Å². The van der Waals surface area contributed by atoms with E-state index in [1.165, 1.54) is 0 Å². The Hall–Kier alpha value is -1.19. The van der Waals surface area contributed by atoms with E-state index >= 15 is 0 Å². The molecule has 2 aliphatic heterocycles. The largest absolute Gasteiger partial charge is 0.496 e. The van der Waals surface area contributed by atoms with Gasteiger partial charge in [0.1, 0.15) is 5.75 Å². The third kappa shape index (κ3) is 6.77. The van der Waals surface area contributed by atoms with Gasteiger partial charge in [0.05, 0.1) is 35.5 Å². The van der Waals surface area contributed by atoms with E-state index in [2.05, 4.69) is 18.6 Å². The summed E-state index contributed by atoms with van der Waals surface area (Å²) in [6, 6.07) is 3.72. The van der Waals surface area contributed by atoms with Crippen LogP contribution in [0.3, 0.4) is 0 Å². The van der Waals surface area contributed by atoms with Crippen LogP contribution in [0.1, 0.15) is 84.4 Å². The van der Waals surface area contributed by atoms with Crippen molar-refractivity contribution in [2.24, 2.45) is 5.92 Å². The van der Waals surface area contributed by atoms with E-state index < -0.39 is 27.6 Å². The highest BCUT2D eigenvalue weighted by Gasteiger charge is 2.41. The average Bonchev–Trinajstić information content (AvgIpc) is 3.15. The van der Waals surface area contributed by atoms with Crippen LogP contribution in [0.25, 0.3) is 0 Å². The average molecular weight is 529 g/mol. The molecular weight excluding hydrogens is 488 g/mol. The summed E-state index contributed by atoms with van der Waals surface area (Å²) in [7, 11) is 0.359. The van der Waals surface area contributed by atoms with Crippen molar-refractivity contribution in [2.75, 3.05) is 26.8 Å². The molecule has 2 aliphatic rings. The number of likely N-dealkylation sites (tertiary alicyclic amines) is 1. The minimum atomic E-state index is -1.29. The Labute approximate surface area is 217 Å². The van der Waals surface area contributed by atoms with Crippen molar-refractivity contribution < 1.29 is 23.2 Å². The number of nitrogens with zero attached hydrogens (tertiary/aromatic N) is 1. The minimum Gasteiger partial charge on any atom is -0.496 e. The molecule has 0 aromatic heterocycles. The summed E-state index contributed by atoms with van der Waals surface area (Å²) in [6.07, 6.45) is 0.953. The van der Waals surface area contributed by atoms with Gasteiger partial charge >= 0.3 is 0 Å². The molecule has 1 N–H and O–H groups in total. The van der Waals surface area contributed by atoms with Gasteiger partial charge in [0, 0.05) is 23.7 Å². The van der Waals surface area contributed by atoms with E-state index in [4.69, 9.17) is 25.8 Å². The monoisotopic (exact) mass is 528 g/mol. The molecule has 3 rings (SSSR count). The van der Waals surface area contributed by atoms with Gasteiger partial charge in [0.15, 0.2) is 11.9 Å². The van der Waals surface area contributed by atoms with Crippen molar-refractivity contribution in [1.29, 1.82) is 0 Å². The highest BCUT2D eigenvalue weighted by molar-refractivity contribution is 7.84. The molecule has 1 aromatic carbocycles. The summed E-state index contributed by atoms with van der Waals surface area (Å²) in [6.45, 7) is 15.2. The molecular formula is C26H41ClN2O5S. The number of methoxy groups -OCH3 is 1. The lowest BCUT2D eigenvalue weighted by Crippen LogP contribution is -2.47. The fourth-order valence-electron chi connectivity index (χ4n) is 4.62. The van der Waals surface area contributed by atoms with Gasteiger partial charge in [-0.05, 0) is 77.0 Å². The number of hydrogen-bond acceptors (Lipinski definition) is 5. The predicted octanol–water partition coefficient (Wildman–Crippen LogP) is 4.96. The lowest BCUT2D eigenvalue weighted by molar-refractivity contribution is -0.161. The van der Waals surface area contributed by atoms with Crippen LogP contribution in [0, 0.1) is 5.92 Å². The molecule has 1 aromatic rings. The zero-order valence-electron chi connectivity index (χ0n) is 22.3. The summed E-state index contributed by atoms with van der Waals surface area (Å²) in [5.41, 5.74) is 1.92. The van der Waals surface area contributed by atoms with Gasteiger partial charge in [-0.3, -0.25) is 4.79 Å². The highest BCUT2D eigenvalue weighted by Crippen LogP contribution is 2.40. The standard InChI is InChI=1S/C26H41ClN2O5S/c1-16(2)18-14-21(32-8)19(13-20(18)27)23(28-35(31)25(3,4)5)17-9-11-29(12-10-17)24(30)22-15-33-26(6,7)34-22/h13-14,16-17,22-23,28H,9-12,15H2,1-8H3/t22?,23-,35?/m1/s1. The summed E-state index contributed by atoms with van der Waals surface area (Å²) in [5, 5.41) is 0.678. The van der Waals surface area contributed by atoms with E-state index in [1.807, 2.05) is 51.7 Å². The first-order chi connectivity index (χ1) is 16.2. The Morgan fingerprint density at radius 2 is 1.86 bits per heavy atom. The first kappa shape index (κ1) is 28.4. The molecule has 9 heteroatoms. The van der Waals surface area contributed by atoms with Crippen molar-refractivity contribution in [2.45, 2.75) is 89.9 Å². The maximum atomic E-state index is 13.2. The Kier molecular flexibility index (Phi) is 8.96. The molecule has 0 spiro atoms. The fourth-order valence-corrected chi connectivity index (χ4v) is 5.91. The number of carbonyl (C=O) groups excluding carboxylic acids is 1. The van der Waals surface area contributed by atoms with Gasteiger partial charge in [-0.2, -0.15) is 0 Å². The summed E-state index contributed by atoms with van der Waals surface area (Å²) in [5.74, 6) is 0.374. The van der Waals surface area contributed by atoms with Crippen LogP contribution >= 0.6 is 11.6 Å². The number of piperidine rings is 1. The molecule has 7 nitrogen and oxygen atoms in total. The number of rotatable bonds is 7. The summed E-state index contributed by atoms with van der Waals surface area (Å²) in [4.78, 5) is 14.9. The molecule has 3 atom stereocenters. The molecule has 0 aliphatic carbocycles. The third-order valence-corrected chi connectivity index (χ3v) is 8.61. The second kappa shape index (κ2) is 11.1.